The molecular formula is C20H25NO6S. The Balaban J connectivity index is 2.58. The summed E-state index contributed by atoms with van der Waals surface area (Å²) in [6, 6.07) is 11.2. The summed E-state index contributed by atoms with van der Waals surface area (Å²) in [5.41, 5.74) is 0.934. The van der Waals surface area contributed by atoms with E-state index in [9.17, 15) is 13.2 Å². The maximum atomic E-state index is 13.4. The Morgan fingerprint density at radius 1 is 1.04 bits per heavy atom. The van der Waals surface area contributed by atoms with Crippen molar-refractivity contribution in [3.63, 3.8) is 0 Å². The van der Waals surface area contributed by atoms with E-state index in [-0.39, 0.29) is 17.2 Å². The first-order valence-corrected chi connectivity index (χ1v) is 10.3. The third-order valence-electron chi connectivity index (χ3n) is 3.97. The van der Waals surface area contributed by atoms with Gasteiger partial charge in [0.1, 0.15) is 18.0 Å². The first-order chi connectivity index (χ1) is 13.3. The molecule has 7 nitrogen and oxygen atoms in total. The molecule has 0 bridgehead atoms. The number of hydrogen-bond donors (Lipinski definition) is 0. The molecule has 0 heterocycles. The minimum absolute atomic E-state index is 0.0430. The average Bonchev–Trinajstić information content (AvgIpc) is 2.67. The van der Waals surface area contributed by atoms with Crippen molar-refractivity contribution in [3.05, 3.63) is 48.0 Å². The molecule has 0 atom stereocenters. The molecule has 0 amide bonds. The molecule has 0 aliphatic heterocycles. The van der Waals surface area contributed by atoms with Crippen LogP contribution in [0.15, 0.2) is 47.4 Å². The van der Waals surface area contributed by atoms with Crippen LogP contribution in [0, 0.1) is 6.92 Å². The van der Waals surface area contributed by atoms with Crippen LogP contribution < -0.4 is 13.8 Å². The fraction of sp³-hybridized carbons (Fsp3) is 0.350. The van der Waals surface area contributed by atoms with Crippen LogP contribution in [0.2, 0.25) is 0 Å². The number of sulfonamides is 1. The van der Waals surface area contributed by atoms with Crippen LogP contribution in [0.25, 0.3) is 0 Å². The van der Waals surface area contributed by atoms with E-state index >= 15 is 0 Å². The fourth-order valence-corrected chi connectivity index (χ4v) is 4.21. The van der Waals surface area contributed by atoms with E-state index in [0.29, 0.717) is 23.7 Å². The largest absolute Gasteiger partial charge is 0.496 e. The maximum absolute atomic E-state index is 13.4. The van der Waals surface area contributed by atoms with E-state index < -0.39 is 22.5 Å². The second-order valence-corrected chi connectivity index (χ2v) is 7.71. The topological polar surface area (TPSA) is 82.1 Å². The Labute approximate surface area is 165 Å². The summed E-state index contributed by atoms with van der Waals surface area (Å²) in [6.07, 6.45) is 0. The molecule has 0 aromatic heterocycles. The van der Waals surface area contributed by atoms with Gasteiger partial charge < -0.3 is 14.2 Å². The molecule has 0 radical (unpaired) electrons. The molecule has 0 unspecified atom stereocenters. The normalized spacial score (nSPS) is 11.0. The fourth-order valence-electron chi connectivity index (χ4n) is 2.70. The molecule has 2 rings (SSSR count). The Morgan fingerprint density at radius 3 is 2.36 bits per heavy atom. The van der Waals surface area contributed by atoms with Crippen LogP contribution in [0.3, 0.4) is 0 Å². The predicted octanol–water partition coefficient (Wildman–Crippen LogP) is 3.16. The molecule has 0 N–H and O–H groups in total. The average molecular weight is 407 g/mol. The van der Waals surface area contributed by atoms with Crippen molar-refractivity contribution in [1.29, 1.82) is 0 Å². The molecule has 0 spiro atoms. The lowest BCUT2D eigenvalue weighted by atomic mass is 10.2. The quantitative estimate of drug-likeness (QED) is 0.594. The van der Waals surface area contributed by atoms with Gasteiger partial charge in [0.15, 0.2) is 0 Å². The van der Waals surface area contributed by atoms with Gasteiger partial charge in [-0.05, 0) is 56.7 Å². The van der Waals surface area contributed by atoms with Gasteiger partial charge in [-0.25, -0.2) is 8.42 Å². The van der Waals surface area contributed by atoms with E-state index in [0.717, 1.165) is 4.31 Å². The molecule has 2 aromatic rings. The van der Waals surface area contributed by atoms with E-state index in [1.54, 1.807) is 51.1 Å². The highest BCUT2D eigenvalue weighted by molar-refractivity contribution is 7.92. The highest BCUT2D eigenvalue weighted by Crippen LogP contribution is 2.33. The van der Waals surface area contributed by atoms with Gasteiger partial charge >= 0.3 is 5.97 Å². The van der Waals surface area contributed by atoms with Crippen molar-refractivity contribution in [2.75, 3.05) is 31.2 Å². The number of anilines is 1. The van der Waals surface area contributed by atoms with E-state index in [1.165, 1.54) is 19.2 Å². The maximum Gasteiger partial charge on any atom is 0.326 e. The molecule has 152 valence electrons. The molecule has 2 aromatic carbocycles. The van der Waals surface area contributed by atoms with Crippen LogP contribution in [0.4, 0.5) is 5.69 Å². The van der Waals surface area contributed by atoms with Crippen LogP contribution in [0.1, 0.15) is 19.4 Å². The lowest BCUT2D eigenvalue weighted by molar-refractivity contribution is -0.141. The number of carbonyl (C=O) groups is 1. The van der Waals surface area contributed by atoms with Crippen LogP contribution in [0.5, 0.6) is 11.5 Å². The van der Waals surface area contributed by atoms with Crippen molar-refractivity contribution in [2.24, 2.45) is 0 Å². The summed E-state index contributed by atoms with van der Waals surface area (Å²) in [5, 5.41) is 0. The van der Waals surface area contributed by atoms with Gasteiger partial charge in [-0.15, -0.1) is 0 Å². The minimum Gasteiger partial charge on any atom is -0.496 e. The zero-order chi connectivity index (χ0) is 20.7. The monoisotopic (exact) mass is 407 g/mol. The smallest absolute Gasteiger partial charge is 0.326 e. The number of ether oxygens (including phenoxy) is 3. The van der Waals surface area contributed by atoms with Gasteiger partial charge in [-0.3, -0.25) is 9.10 Å². The Bertz CT molecular complexity index is 926. The zero-order valence-electron chi connectivity index (χ0n) is 16.5. The second kappa shape index (κ2) is 9.45. The van der Waals surface area contributed by atoms with Crippen molar-refractivity contribution in [3.8, 4) is 11.5 Å². The summed E-state index contributed by atoms with van der Waals surface area (Å²) in [4.78, 5) is 12.2. The number of para-hydroxylation sites is 2. The SMILES string of the molecule is CCOC(=O)CN(c1ccccc1OCC)S(=O)(=O)c1ccc(OC)c(C)c1. The summed E-state index contributed by atoms with van der Waals surface area (Å²) in [5.74, 6) is 0.288. The Kier molecular flexibility index (Phi) is 7.28. The number of benzene rings is 2. The minimum atomic E-state index is -4.06. The molecule has 28 heavy (non-hydrogen) atoms. The Morgan fingerprint density at radius 2 is 1.75 bits per heavy atom. The summed E-state index contributed by atoms with van der Waals surface area (Å²) >= 11 is 0. The molecule has 8 heteroatoms. The number of hydrogen-bond acceptors (Lipinski definition) is 6. The zero-order valence-corrected chi connectivity index (χ0v) is 17.3. The molecule has 0 saturated carbocycles. The second-order valence-electron chi connectivity index (χ2n) is 5.85. The molecule has 0 fully saturated rings. The van der Waals surface area contributed by atoms with Gasteiger partial charge in [0.05, 0.1) is 30.9 Å². The molecule has 0 aliphatic carbocycles. The van der Waals surface area contributed by atoms with Crippen molar-refractivity contribution >= 4 is 21.7 Å². The number of rotatable bonds is 9. The van der Waals surface area contributed by atoms with Gasteiger partial charge in [0.2, 0.25) is 0 Å². The summed E-state index contributed by atoms with van der Waals surface area (Å²) < 4.78 is 43.6. The van der Waals surface area contributed by atoms with Crippen molar-refractivity contribution in [2.45, 2.75) is 25.7 Å². The van der Waals surface area contributed by atoms with E-state index in [4.69, 9.17) is 14.2 Å². The van der Waals surface area contributed by atoms with Gasteiger partial charge in [-0.2, -0.15) is 0 Å². The number of aryl methyl sites for hydroxylation is 1. The van der Waals surface area contributed by atoms with Gasteiger partial charge in [-0.1, -0.05) is 12.1 Å². The number of esters is 1. The van der Waals surface area contributed by atoms with Crippen LogP contribution in [-0.4, -0.2) is 41.3 Å². The molecule has 0 aliphatic rings. The number of nitrogens with zero attached hydrogens (tertiary/aromatic N) is 1. The first kappa shape index (κ1) is 21.6. The first-order valence-electron chi connectivity index (χ1n) is 8.90. The highest BCUT2D eigenvalue weighted by Gasteiger charge is 2.30. The Hall–Kier alpha value is -2.74. The highest BCUT2D eigenvalue weighted by atomic mass is 32.2. The third kappa shape index (κ3) is 4.75. The molecule has 0 saturated heterocycles. The number of methoxy groups -OCH3 is 1. The third-order valence-corrected chi connectivity index (χ3v) is 5.72. The number of carbonyl (C=O) groups excluding carboxylic acids is 1. The predicted molar refractivity (Wildman–Crippen MR) is 107 cm³/mol. The van der Waals surface area contributed by atoms with Gasteiger partial charge in [0, 0.05) is 0 Å². The van der Waals surface area contributed by atoms with Crippen LogP contribution in [-0.2, 0) is 19.6 Å². The van der Waals surface area contributed by atoms with Gasteiger partial charge in [0.25, 0.3) is 10.0 Å². The van der Waals surface area contributed by atoms with Crippen LogP contribution >= 0.6 is 0 Å². The van der Waals surface area contributed by atoms with E-state index in [2.05, 4.69) is 0 Å². The summed E-state index contributed by atoms with van der Waals surface area (Å²) in [7, 11) is -2.54. The van der Waals surface area contributed by atoms with E-state index in [1.807, 2.05) is 0 Å². The van der Waals surface area contributed by atoms with Crippen molar-refractivity contribution in [1.82, 2.24) is 0 Å². The molecular weight excluding hydrogens is 382 g/mol. The van der Waals surface area contributed by atoms with Crippen molar-refractivity contribution < 1.29 is 27.4 Å². The lowest BCUT2D eigenvalue weighted by Crippen LogP contribution is -2.37. The lowest BCUT2D eigenvalue weighted by Gasteiger charge is -2.25. The standard InChI is InChI=1S/C20H25NO6S/c1-5-26-19-10-8-7-9-17(19)21(14-20(22)27-6-2)28(23,24)16-11-12-18(25-4)15(3)13-16/h7-13H,5-6,14H2,1-4H3. The summed E-state index contributed by atoms with van der Waals surface area (Å²) in [6.45, 7) is 5.26.